The molecule has 24 heavy (non-hydrogen) atoms. The smallest absolute Gasteiger partial charge is 0.274 e. The van der Waals surface area contributed by atoms with E-state index in [1.165, 1.54) is 24.3 Å². The Labute approximate surface area is 136 Å². The standard InChI is InChI=1S/C17H14FN3O3/c18-11-5-3-4-10(8-11)14(22)9-21-17(24)13-7-2-1-6-12(13)15(20-21)16(19)23/h1-8,14,22H,9H2,(H2,19,23). The Morgan fingerprint density at radius 2 is 1.92 bits per heavy atom. The van der Waals surface area contributed by atoms with Crippen molar-refractivity contribution in [2.45, 2.75) is 12.6 Å². The Bertz CT molecular complexity index is 984. The molecule has 6 nitrogen and oxygen atoms in total. The second-order valence-electron chi connectivity index (χ2n) is 5.32. The van der Waals surface area contributed by atoms with Crippen LogP contribution >= 0.6 is 0 Å². The summed E-state index contributed by atoms with van der Waals surface area (Å²) in [7, 11) is 0. The maximum absolute atomic E-state index is 13.3. The molecule has 0 fully saturated rings. The number of nitrogens with two attached hydrogens (primary N) is 1. The third kappa shape index (κ3) is 2.89. The van der Waals surface area contributed by atoms with E-state index in [0.717, 1.165) is 4.68 Å². The molecule has 1 heterocycles. The molecular weight excluding hydrogens is 313 g/mol. The minimum absolute atomic E-state index is 0.0587. The topological polar surface area (TPSA) is 98.2 Å². The maximum atomic E-state index is 13.3. The molecular formula is C17H14FN3O3. The van der Waals surface area contributed by atoms with Crippen LogP contribution in [0.2, 0.25) is 0 Å². The molecule has 7 heteroatoms. The van der Waals surface area contributed by atoms with Gasteiger partial charge in [0.15, 0.2) is 5.69 Å². The van der Waals surface area contributed by atoms with Gasteiger partial charge in [-0.1, -0.05) is 30.3 Å². The van der Waals surface area contributed by atoms with Crippen LogP contribution in [0.15, 0.2) is 53.3 Å². The van der Waals surface area contributed by atoms with Crippen LogP contribution in [0, 0.1) is 5.82 Å². The van der Waals surface area contributed by atoms with Gasteiger partial charge in [-0.05, 0) is 23.8 Å². The summed E-state index contributed by atoms with van der Waals surface area (Å²) in [6, 6.07) is 11.9. The van der Waals surface area contributed by atoms with E-state index in [4.69, 9.17) is 5.73 Å². The highest BCUT2D eigenvalue weighted by molar-refractivity contribution is 6.03. The number of aromatic nitrogens is 2. The summed E-state index contributed by atoms with van der Waals surface area (Å²) in [6.45, 7) is -0.229. The number of carbonyl (C=O) groups is 1. The first-order chi connectivity index (χ1) is 11.5. The second kappa shape index (κ2) is 6.21. The third-order valence-electron chi connectivity index (χ3n) is 3.68. The Morgan fingerprint density at radius 1 is 1.21 bits per heavy atom. The lowest BCUT2D eigenvalue weighted by Gasteiger charge is -2.14. The van der Waals surface area contributed by atoms with Crippen LogP contribution in [0.3, 0.4) is 0 Å². The average molecular weight is 327 g/mol. The summed E-state index contributed by atoms with van der Waals surface area (Å²) in [4.78, 5) is 24.1. The molecule has 0 aliphatic rings. The summed E-state index contributed by atoms with van der Waals surface area (Å²) in [5.74, 6) is -1.27. The lowest BCUT2D eigenvalue weighted by atomic mass is 10.1. The second-order valence-corrected chi connectivity index (χ2v) is 5.32. The molecule has 3 aromatic rings. The Hall–Kier alpha value is -3.06. The zero-order valence-corrected chi connectivity index (χ0v) is 12.5. The summed E-state index contributed by atoms with van der Waals surface area (Å²) in [6.07, 6.45) is -1.16. The molecule has 0 spiro atoms. The fourth-order valence-corrected chi connectivity index (χ4v) is 2.52. The average Bonchev–Trinajstić information content (AvgIpc) is 2.57. The highest BCUT2D eigenvalue weighted by atomic mass is 19.1. The number of nitrogens with zero attached hydrogens (tertiary/aromatic N) is 2. The van der Waals surface area contributed by atoms with Gasteiger partial charge in [-0.25, -0.2) is 9.07 Å². The maximum Gasteiger partial charge on any atom is 0.274 e. The summed E-state index contributed by atoms with van der Waals surface area (Å²) < 4.78 is 14.2. The molecule has 1 atom stereocenters. The first kappa shape index (κ1) is 15.8. The zero-order chi connectivity index (χ0) is 17.3. The predicted molar refractivity (Wildman–Crippen MR) is 85.9 cm³/mol. The van der Waals surface area contributed by atoms with Crippen LogP contribution in [0.4, 0.5) is 4.39 Å². The van der Waals surface area contributed by atoms with Crippen molar-refractivity contribution in [3.63, 3.8) is 0 Å². The van der Waals surface area contributed by atoms with Gasteiger partial charge in [-0.15, -0.1) is 0 Å². The van der Waals surface area contributed by atoms with Crippen molar-refractivity contribution in [1.82, 2.24) is 9.78 Å². The summed E-state index contributed by atoms with van der Waals surface area (Å²) >= 11 is 0. The molecule has 1 unspecified atom stereocenters. The number of amides is 1. The van der Waals surface area contributed by atoms with Crippen molar-refractivity contribution < 1.29 is 14.3 Å². The van der Waals surface area contributed by atoms with Crippen LogP contribution < -0.4 is 11.3 Å². The molecule has 2 aromatic carbocycles. The fraction of sp³-hybridized carbons (Fsp3) is 0.118. The normalized spacial score (nSPS) is 12.2. The number of fused-ring (bicyclic) bond motifs is 1. The number of hydrogen-bond acceptors (Lipinski definition) is 4. The van der Waals surface area contributed by atoms with Crippen LogP contribution in [0.1, 0.15) is 22.2 Å². The Kier molecular flexibility index (Phi) is 4.09. The van der Waals surface area contributed by atoms with Gasteiger partial charge in [0.1, 0.15) is 5.82 Å². The van der Waals surface area contributed by atoms with E-state index in [0.29, 0.717) is 10.9 Å². The van der Waals surface area contributed by atoms with Crippen molar-refractivity contribution in [2.75, 3.05) is 0 Å². The molecule has 0 radical (unpaired) electrons. The number of rotatable bonds is 4. The van der Waals surface area contributed by atoms with E-state index in [1.54, 1.807) is 24.3 Å². The highest BCUT2D eigenvalue weighted by Crippen LogP contribution is 2.17. The zero-order valence-electron chi connectivity index (χ0n) is 12.5. The number of benzene rings is 2. The molecule has 0 saturated carbocycles. The van der Waals surface area contributed by atoms with Gasteiger partial charge in [0.25, 0.3) is 11.5 Å². The van der Waals surface area contributed by atoms with Gasteiger partial charge in [0.2, 0.25) is 0 Å². The highest BCUT2D eigenvalue weighted by Gasteiger charge is 2.17. The summed E-state index contributed by atoms with van der Waals surface area (Å²) in [5, 5.41) is 14.8. The SMILES string of the molecule is NC(=O)c1nn(CC(O)c2cccc(F)c2)c(=O)c2ccccc12. The molecule has 122 valence electrons. The van der Waals surface area contributed by atoms with Gasteiger partial charge >= 0.3 is 0 Å². The molecule has 3 N–H and O–H groups in total. The number of aliphatic hydroxyl groups is 1. The fourth-order valence-electron chi connectivity index (χ4n) is 2.52. The first-order valence-corrected chi connectivity index (χ1v) is 7.20. The van der Waals surface area contributed by atoms with Gasteiger partial charge < -0.3 is 10.8 Å². The summed E-state index contributed by atoms with van der Waals surface area (Å²) in [5.41, 5.74) is 5.11. The van der Waals surface area contributed by atoms with Crippen molar-refractivity contribution in [3.8, 4) is 0 Å². The number of aliphatic hydroxyl groups excluding tert-OH is 1. The van der Waals surface area contributed by atoms with Crippen LogP contribution in [0.5, 0.6) is 0 Å². The minimum atomic E-state index is -1.16. The van der Waals surface area contributed by atoms with E-state index in [-0.39, 0.29) is 17.6 Å². The van der Waals surface area contributed by atoms with E-state index in [2.05, 4.69) is 5.10 Å². The quantitative estimate of drug-likeness (QED) is 0.756. The Balaban J connectivity index is 2.08. The van der Waals surface area contributed by atoms with Gasteiger partial charge in [-0.2, -0.15) is 5.10 Å². The van der Waals surface area contributed by atoms with E-state index >= 15 is 0 Å². The lowest BCUT2D eigenvalue weighted by molar-refractivity contribution is 0.0992. The number of carbonyl (C=O) groups excluding carboxylic acids is 1. The third-order valence-corrected chi connectivity index (χ3v) is 3.68. The lowest BCUT2D eigenvalue weighted by Crippen LogP contribution is -2.29. The molecule has 0 saturated heterocycles. The van der Waals surface area contributed by atoms with Gasteiger partial charge in [-0.3, -0.25) is 9.59 Å². The number of hydrogen-bond donors (Lipinski definition) is 2. The van der Waals surface area contributed by atoms with Crippen LogP contribution in [-0.2, 0) is 6.54 Å². The van der Waals surface area contributed by atoms with Crippen molar-refractivity contribution in [2.24, 2.45) is 5.73 Å². The van der Waals surface area contributed by atoms with Crippen molar-refractivity contribution >= 4 is 16.7 Å². The van der Waals surface area contributed by atoms with Gasteiger partial charge in [0, 0.05) is 5.39 Å². The van der Waals surface area contributed by atoms with E-state index in [1.807, 2.05) is 0 Å². The number of primary amides is 1. The molecule has 1 amide bonds. The van der Waals surface area contributed by atoms with E-state index in [9.17, 15) is 19.1 Å². The number of halogens is 1. The largest absolute Gasteiger partial charge is 0.386 e. The molecule has 0 aliphatic heterocycles. The molecule has 1 aromatic heterocycles. The van der Waals surface area contributed by atoms with Crippen molar-refractivity contribution in [3.05, 3.63) is 76.0 Å². The first-order valence-electron chi connectivity index (χ1n) is 7.20. The Morgan fingerprint density at radius 3 is 2.58 bits per heavy atom. The monoisotopic (exact) mass is 327 g/mol. The molecule has 3 rings (SSSR count). The van der Waals surface area contributed by atoms with Crippen LogP contribution in [-0.4, -0.2) is 20.8 Å². The van der Waals surface area contributed by atoms with Crippen molar-refractivity contribution in [1.29, 1.82) is 0 Å². The molecule has 0 bridgehead atoms. The van der Waals surface area contributed by atoms with Gasteiger partial charge in [0.05, 0.1) is 18.0 Å². The van der Waals surface area contributed by atoms with Crippen LogP contribution in [0.25, 0.3) is 10.8 Å². The van der Waals surface area contributed by atoms with E-state index < -0.39 is 23.4 Å². The molecule has 0 aliphatic carbocycles. The predicted octanol–water partition coefficient (Wildman–Crippen LogP) is 1.37. The minimum Gasteiger partial charge on any atom is -0.386 e.